The van der Waals surface area contributed by atoms with Gasteiger partial charge in [0.1, 0.15) is 5.75 Å². The largest absolute Gasteiger partial charge is 0.497 e. The first kappa shape index (κ1) is 17.8. The lowest BCUT2D eigenvalue weighted by Crippen LogP contribution is -2.34. The minimum atomic E-state index is -4.45. The van der Waals surface area contributed by atoms with Gasteiger partial charge in [-0.05, 0) is 24.1 Å². The van der Waals surface area contributed by atoms with Gasteiger partial charge in [0.25, 0.3) is 0 Å². The Morgan fingerprint density at radius 2 is 1.77 bits per heavy atom. The van der Waals surface area contributed by atoms with E-state index in [0.717, 1.165) is 7.11 Å². The first-order chi connectivity index (χ1) is 10.3. The van der Waals surface area contributed by atoms with Crippen molar-refractivity contribution in [3.05, 3.63) is 29.8 Å². The lowest BCUT2D eigenvalue weighted by molar-refractivity contribution is -0.156. The first-order valence-corrected chi connectivity index (χ1v) is 6.46. The maximum atomic E-state index is 12.4. The van der Waals surface area contributed by atoms with Gasteiger partial charge in [0.05, 0.1) is 20.3 Å². The normalized spacial score (nSPS) is 13.8. The van der Waals surface area contributed by atoms with Crippen LogP contribution in [0.5, 0.6) is 5.75 Å². The average molecular weight is 315 g/mol. The molecule has 1 unspecified atom stereocenters. The van der Waals surface area contributed by atoms with E-state index in [0.29, 0.717) is 11.3 Å². The van der Waals surface area contributed by atoms with E-state index in [4.69, 9.17) is 4.74 Å². The molecule has 0 aromatic heterocycles. The van der Waals surface area contributed by atoms with Crippen LogP contribution in [0.4, 0.5) is 13.2 Å². The lowest BCUT2D eigenvalue weighted by Gasteiger charge is -2.24. The summed E-state index contributed by atoms with van der Waals surface area (Å²) in [6, 6.07) is 8.13. The number of hydrogen-bond donors (Lipinski definition) is 0. The summed E-state index contributed by atoms with van der Waals surface area (Å²) in [4.78, 5) is 11.9. The van der Waals surface area contributed by atoms with Crippen molar-refractivity contribution in [2.75, 3.05) is 14.2 Å². The quantitative estimate of drug-likeness (QED) is 0.756. The topological polar surface area (TPSA) is 59.3 Å². The molecule has 0 saturated carbocycles. The van der Waals surface area contributed by atoms with E-state index in [9.17, 15) is 23.2 Å². The van der Waals surface area contributed by atoms with E-state index >= 15 is 0 Å². The molecule has 0 saturated heterocycles. The van der Waals surface area contributed by atoms with Gasteiger partial charge in [-0.3, -0.25) is 4.79 Å². The van der Waals surface area contributed by atoms with Gasteiger partial charge in [0.15, 0.2) is 5.41 Å². The molecule has 0 aliphatic heterocycles. The summed E-state index contributed by atoms with van der Waals surface area (Å²) < 4.78 is 46.9. The van der Waals surface area contributed by atoms with Crippen LogP contribution in [-0.4, -0.2) is 26.4 Å². The average Bonchev–Trinajstić information content (AvgIpc) is 2.50. The van der Waals surface area contributed by atoms with Crippen LogP contribution in [-0.2, 0) is 16.0 Å². The fourth-order valence-corrected chi connectivity index (χ4v) is 2.05. The van der Waals surface area contributed by atoms with E-state index < -0.39 is 30.4 Å². The molecule has 0 amide bonds. The molecule has 1 atom stereocenters. The maximum Gasteiger partial charge on any atom is 0.389 e. The van der Waals surface area contributed by atoms with Crippen molar-refractivity contribution < 1.29 is 27.4 Å². The summed E-state index contributed by atoms with van der Waals surface area (Å²) in [5, 5.41) is 9.29. The van der Waals surface area contributed by atoms with Crippen LogP contribution in [0.2, 0.25) is 0 Å². The molecule has 0 bridgehead atoms. The Balaban J connectivity index is 3.03. The highest BCUT2D eigenvalue weighted by molar-refractivity contribution is 5.80. The zero-order chi connectivity index (χ0) is 16.8. The Bertz CT molecular complexity index is 549. The molecule has 1 rings (SSSR count). The Morgan fingerprint density at radius 3 is 2.18 bits per heavy atom. The first-order valence-electron chi connectivity index (χ1n) is 6.46. The molecule has 0 aliphatic rings. The summed E-state index contributed by atoms with van der Waals surface area (Å²) in [5.41, 5.74) is -1.31. The fraction of sp³-hybridized carbons (Fsp3) is 0.467. The van der Waals surface area contributed by atoms with Crippen molar-refractivity contribution >= 4 is 5.97 Å². The monoisotopic (exact) mass is 315 g/mol. The minimum Gasteiger partial charge on any atom is -0.497 e. The molecule has 1 aromatic carbocycles. The van der Waals surface area contributed by atoms with Crippen molar-refractivity contribution in [2.45, 2.75) is 25.4 Å². The Labute approximate surface area is 126 Å². The van der Waals surface area contributed by atoms with Gasteiger partial charge in [-0.25, -0.2) is 0 Å². The van der Waals surface area contributed by atoms with Crippen LogP contribution in [0.25, 0.3) is 0 Å². The van der Waals surface area contributed by atoms with Crippen molar-refractivity contribution in [3.8, 4) is 11.8 Å². The fourth-order valence-electron chi connectivity index (χ4n) is 2.05. The van der Waals surface area contributed by atoms with Crippen molar-refractivity contribution in [1.82, 2.24) is 0 Å². The SMILES string of the molecule is COC(=O)C(C#N)(CCC(F)(F)F)Cc1ccc(OC)cc1. The van der Waals surface area contributed by atoms with Gasteiger partial charge >= 0.3 is 12.1 Å². The molecule has 0 fully saturated rings. The molecule has 120 valence electrons. The number of hydrogen-bond acceptors (Lipinski definition) is 4. The Hall–Kier alpha value is -2.23. The summed E-state index contributed by atoms with van der Waals surface area (Å²) in [5.74, 6) is -0.394. The molecule has 22 heavy (non-hydrogen) atoms. The third kappa shape index (κ3) is 4.65. The third-order valence-corrected chi connectivity index (χ3v) is 3.29. The van der Waals surface area contributed by atoms with Crippen LogP contribution in [0.15, 0.2) is 24.3 Å². The Morgan fingerprint density at radius 1 is 1.18 bits per heavy atom. The second-order valence-corrected chi connectivity index (χ2v) is 4.83. The molecule has 7 heteroatoms. The third-order valence-electron chi connectivity index (χ3n) is 3.29. The zero-order valence-electron chi connectivity index (χ0n) is 12.2. The Kier molecular flexibility index (Phi) is 5.80. The number of nitrogens with zero attached hydrogens (tertiary/aromatic N) is 1. The number of rotatable bonds is 6. The number of benzene rings is 1. The smallest absolute Gasteiger partial charge is 0.389 e. The summed E-state index contributed by atoms with van der Waals surface area (Å²) in [7, 11) is 2.53. The van der Waals surface area contributed by atoms with Gasteiger partial charge in [0.2, 0.25) is 0 Å². The van der Waals surface area contributed by atoms with Crippen molar-refractivity contribution in [1.29, 1.82) is 5.26 Å². The van der Waals surface area contributed by atoms with E-state index in [1.165, 1.54) is 7.11 Å². The molecular weight excluding hydrogens is 299 g/mol. The highest BCUT2D eigenvalue weighted by Gasteiger charge is 2.43. The molecule has 0 spiro atoms. The molecule has 4 nitrogen and oxygen atoms in total. The predicted molar refractivity (Wildman–Crippen MR) is 72.0 cm³/mol. The number of nitriles is 1. The van der Waals surface area contributed by atoms with Crippen LogP contribution in [0.3, 0.4) is 0 Å². The molecule has 0 N–H and O–H groups in total. The number of carbonyl (C=O) groups excluding carboxylic acids is 1. The van der Waals surface area contributed by atoms with Crippen molar-refractivity contribution in [2.24, 2.45) is 5.41 Å². The van der Waals surface area contributed by atoms with Gasteiger partial charge in [-0.2, -0.15) is 18.4 Å². The predicted octanol–water partition coefficient (Wildman–Crippen LogP) is 3.26. The number of methoxy groups -OCH3 is 2. The number of carbonyl (C=O) groups is 1. The molecule has 1 aromatic rings. The van der Waals surface area contributed by atoms with Crippen LogP contribution < -0.4 is 4.74 Å². The second kappa shape index (κ2) is 7.16. The van der Waals surface area contributed by atoms with Crippen LogP contribution in [0, 0.1) is 16.7 Å². The zero-order valence-corrected chi connectivity index (χ0v) is 12.2. The number of halogens is 3. The molecule has 0 aliphatic carbocycles. The highest BCUT2D eigenvalue weighted by atomic mass is 19.4. The van der Waals surface area contributed by atoms with Gasteiger partial charge in [-0.15, -0.1) is 0 Å². The van der Waals surface area contributed by atoms with Crippen LogP contribution in [0.1, 0.15) is 18.4 Å². The van der Waals surface area contributed by atoms with Gasteiger partial charge in [-0.1, -0.05) is 12.1 Å². The van der Waals surface area contributed by atoms with Crippen molar-refractivity contribution in [3.63, 3.8) is 0 Å². The van der Waals surface area contributed by atoms with E-state index in [1.807, 2.05) is 0 Å². The number of alkyl halides is 3. The highest BCUT2D eigenvalue weighted by Crippen LogP contribution is 2.35. The summed E-state index contributed by atoms with van der Waals surface area (Å²) in [6.45, 7) is 0. The molecule has 0 radical (unpaired) electrons. The minimum absolute atomic E-state index is 0.157. The maximum absolute atomic E-state index is 12.4. The lowest BCUT2D eigenvalue weighted by atomic mass is 9.79. The summed E-state index contributed by atoms with van der Waals surface area (Å²) in [6.07, 6.45) is -6.48. The number of esters is 1. The molecular formula is C15H16F3NO3. The van der Waals surface area contributed by atoms with E-state index in [2.05, 4.69) is 4.74 Å². The van der Waals surface area contributed by atoms with Gasteiger partial charge < -0.3 is 9.47 Å². The van der Waals surface area contributed by atoms with E-state index in [1.54, 1.807) is 30.3 Å². The summed E-state index contributed by atoms with van der Waals surface area (Å²) >= 11 is 0. The standard InChI is InChI=1S/C15H16F3NO3/c1-21-12-5-3-11(4-6-12)9-14(10-19,13(20)22-2)7-8-15(16,17)18/h3-6H,7-9H2,1-2H3. The van der Waals surface area contributed by atoms with E-state index in [-0.39, 0.29) is 6.42 Å². The van der Waals surface area contributed by atoms with Gasteiger partial charge in [0, 0.05) is 12.8 Å². The second-order valence-electron chi connectivity index (χ2n) is 4.83. The van der Waals surface area contributed by atoms with Crippen LogP contribution >= 0.6 is 0 Å². The number of ether oxygens (including phenoxy) is 2. The molecule has 0 heterocycles.